The van der Waals surface area contributed by atoms with Crippen molar-refractivity contribution in [3.8, 4) is 5.75 Å². The van der Waals surface area contributed by atoms with Gasteiger partial charge in [0.1, 0.15) is 16.0 Å². The van der Waals surface area contributed by atoms with E-state index in [0.29, 0.717) is 28.2 Å². The number of imide groups is 1. The van der Waals surface area contributed by atoms with Gasteiger partial charge in [-0.2, -0.15) is 5.10 Å². The highest BCUT2D eigenvalue weighted by molar-refractivity contribution is 9.10. The van der Waals surface area contributed by atoms with Crippen LogP contribution in [0.25, 0.3) is 0 Å². The summed E-state index contributed by atoms with van der Waals surface area (Å²) in [6.45, 7) is 5.11. The van der Waals surface area contributed by atoms with E-state index in [4.69, 9.17) is 4.74 Å². The molecule has 3 atom stereocenters. The van der Waals surface area contributed by atoms with Crippen molar-refractivity contribution < 1.29 is 19.1 Å². The highest BCUT2D eigenvalue weighted by Crippen LogP contribution is 2.42. The summed E-state index contributed by atoms with van der Waals surface area (Å²) in [5.74, 6) is 1.13. The second kappa shape index (κ2) is 14.7. The number of likely N-dealkylation sites (N-methyl/N-ethyl adjacent to an activating group) is 1. The van der Waals surface area contributed by atoms with Crippen LogP contribution in [0.1, 0.15) is 66.8 Å². The average Bonchev–Trinajstić information content (AvgIpc) is 3.14. The topological polar surface area (TPSA) is 142 Å². The Kier molecular flexibility index (Phi) is 10.2. The maximum absolute atomic E-state index is 13.6. The molecule has 4 fully saturated rings. The number of ether oxygens (including phenoxy) is 1. The molecule has 4 aliphatic heterocycles. The smallest absolute Gasteiger partial charge is 0.282 e. The molecule has 7 rings (SSSR count). The molecule has 4 aliphatic rings. The molecule has 0 aliphatic carbocycles. The normalized spacial score (nSPS) is 23.9. The van der Waals surface area contributed by atoms with Gasteiger partial charge in [0.05, 0.1) is 18.1 Å². The lowest BCUT2D eigenvalue weighted by Crippen LogP contribution is -2.48. The number of pyridine rings is 1. The highest BCUT2D eigenvalue weighted by atomic mass is 79.9. The number of carbonyl (C=O) groups is 3. The standard InChI is InChI=1S/C37H45BrN8O5/c1-43-22-26(19-27(23-43)41-29-21-40-44(2)36(50)33(29)38)24-3-5-25(6-4-24)35(49)46-17-13-37(14-18-46)11-15-45(16-12-37)31-9-7-28(20-39-31)51-30-8-10-32(47)42-34(30)48/h3-7,9,20-21,26-27,30,41H,8,10-19,22-23H2,1-2H3,(H,42,47,48). The maximum Gasteiger partial charge on any atom is 0.282 e. The molecule has 51 heavy (non-hydrogen) atoms. The highest BCUT2D eigenvalue weighted by Gasteiger charge is 2.39. The number of aryl methyl sites for hydroxylation is 1. The van der Waals surface area contributed by atoms with E-state index in [1.807, 2.05) is 29.2 Å². The summed E-state index contributed by atoms with van der Waals surface area (Å²) >= 11 is 3.43. The average molecular weight is 762 g/mol. The number of hydrogen-bond donors (Lipinski definition) is 2. The molecule has 3 amide bonds. The molecule has 0 radical (unpaired) electrons. The molecule has 270 valence electrons. The fourth-order valence-corrected chi connectivity index (χ4v) is 8.52. The summed E-state index contributed by atoms with van der Waals surface area (Å²) < 4.78 is 7.58. The SMILES string of the molecule is CN1CC(Nc2cnn(C)c(=O)c2Br)CC(c2ccc(C(=O)N3CCC4(CC3)CCN(c3ccc(OC5CCC(=O)NC5=O)cn3)CC4)cc2)C1. The van der Waals surface area contributed by atoms with Gasteiger partial charge in [-0.3, -0.25) is 24.5 Å². The number of likely N-dealkylation sites (tertiary alicyclic amines) is 2. The summed E-state index contributed by atoms with van der Waals surface area (Å²) in [7, 11) is 3.75. The zero-order valence-electron chi connectivity index (χ0n) is 29.1. The number of anilines is 2. The minimum Gasteiger partial charge on any atom is -0.479 e. The fourth-order valence-electron chi connectivity index (χ4n) is 8.05. The molecular weight excluding hydrogens is 716 g/mol. The summed E-state index contributed by atoms with van der Waals surface area (Å²) in [6, 6.07) is 12.1. The van der Waals surface area contributed by atoms with Crippen LogP contribution in [0.4, 0.5) is 11.5 Å². The minimum atomic E-state index is -0.676. The van der Waals surface area contributed by atoms with Gasteiger partial charge in [0, 0.05) is 70.8 Å². The molecule has 3 aromatic rings. The molecule has 2 N–H and O–H groups in total. The predicted molar refractivity (Wildman–Crippen MR) is 196 cm³/mol. The van der Waals surface area contributed by atoms with E-state index in [2.05, 4.69) is 65.6 Å². The van der Waals surface area contributed by atoms with Gasteiger partial charge in [-0.05, 0) is 96.2 Å². The molecule has 13 nitrogen and oxygen atoms in total. The van der Waals surface area contributed by atoms with Gasteiger partial charge < -0.3 is 24.8 Å². The first-order chi connectivity index (χ1) is 24.6. The van der Waals surface area contributed by atoms with Gasteiger partial charge in [0.15, 0.2) is 6.10 Å². The first-order valence-corrected chi connectivity index (χ1v) is 18.6. The third-order valence-electron chi connectivity index (χ3n) is 11.1. The number of carbonyl (C=O) groups excluding carboxylic acids is 3. The number of hydrogen-bond acceptors (Lipinski definition) is 10. The van der Waals surface area contributed by atoms with Crippen LogP contribution in [-0.2, 0) is 16.6 Å². The van der Waals surface area contributed by atoms with Gasteiger partial charge in [0.25, 0.3) is 17.4 Å². The summed E-state index contributed by atoms with van der Waals surface area (Å²) in [5, 5.41) is 10.00. The summed E-state index contributed by atoms with van der Waals surface area (Å²) in [4.78, 5) is 60.6. The van der Waals surface area contributed by atoms with Gasteiger partial charge in [0.2, 0.25) is 5.91 Å². The quantitative estimate of drug-likeness (QED) is 0.344. The molecule has 2 aromatic heterocycles. The Labute approximate surface area is 305 Å². The molecule has 1 aromatic carbocycles. The summed E-state index contributed by atoms with van der Waals surface area (Å²) in [5.41, 5.74) is 2.71. The molecule has 6 heterocycles. The van der Waals surface area contributed by atoms with Crippen molar-refractivity contribution >= 4 is 45.2 Å². The molecule has 0 bridgehead atoms. The number of aromatic nitrogens is 3. The second-order valence-electron chi connectivity index (χ2n) is 14.6. The third kappa shape index (κ3) is 7.81. The van der Waals surface area contributed by atoms with Gasteiger partial charge in [-0.1, -0.05) is 12.1 Å². The van der Waals surface area contributed by atoms with Crippen molar-refractivity contribution in [2.24, 2.45) is 12.5 Å². The first kappa shape index (κ1) is 35.1. The van der Waals surface area contributed by atoms with E-state index in [-0.39, 0.29) is 35.3 Å². The van der Waals surface area contributed by atoms with E-state index in [0.717, 1.165) is 82.8 Å². The summed E-state index contributed by atoms with van der Waals surface area (Å²) in [6.07, 6.45) is 8.31. The van der Waals surface area contributed by atoms with Crippen LogP contribution < -0.4 is 25.8 Å². The molecule has 3 unspecified atom stereocenters. The third-order valence-corrected chi connectivity index (χ3v) is 11.9. The Balaban J connectivity index is 0.887. The monoisotopic (exact) mass is 760 g/mol. The Morgan fingerprint density at radius 2 is 1.69 bits per heavy atom. The lowest BCUT2D eigenvalue weighted by Gasteiger charge is -2.47. The number of rotatable bonds is 7. The molecular formula is C37H45BrN8O5. The van der Waals surface area contributed by atoms with Crippen LogP contribution in [0.2, 0.25) is 0 Å². The van der Waals surface area contributed by atoms with E-state index in [1.54, 1.807) is 19.4 Å². The number of nitrogens with one attached hydrogen (secondary N) is 2. The largest absolute Gasteiger partial charge is 0.479 e. The first-order valence-electron chi connectivity index (χ1n) is 17.8. The Morgan fingerprint density at radius 3 is 2.37 bits per heavy atom. The number of halogens is 1. The fraction of sp³-hybridized carbons (Fsp3) is 0.514. The van der Waals surface area contributed by atoms with E-state index >= 15 is 0 Å². The number of amides is 3. The van der Waals surface area contributed by atoms with Crippen LogP contribution >= 0.6 is 15.9 Å². The van der Waals surface area contributed by atoms with E-state index in [1.165, 1.54) is 10.2 Å². The van der Waals surface area contributed by atoms with Crippen molar-refractivity contribution in [1.29, 1.82) is 0 Å². The second-order valence-corrected chi connectivity index (χ2v) is 15.4. The van der Waals surface area contributed by atoms with Gasteiger partial charge >= 0.3 is 0 Å². The van der Waals surface area contributed by atoms with Crippen LogP contribution in [0, 0.1) is 5.41 Å². The van der Waals surface area contributed by atoms with Gasteiger partial charge in [-0.25, -0.2) is 9.67 Å². The zero-order valence-corrected chi connectivity index (χ0v) is 30.7. The van der Waals surface area contributed by atoms with Crippen molar-refractivity contribution in [3.63, 3.8) is 0 Å². The van der Waals surface area contributed by atoms with Crippen LogP contribution in [0.15, 0.2) is 58.1 Å². The Bertz CT molecular complexity index is 1820. The van der Waals surface area contributed by atoms with Crippen molar-refractivity contribution in [2.45, 2.75) is 63.0 Å². The van der Waals surface area contributed by atoms with Crippen molar-refractivity contribution in [3.05, 3.63) is 74.7 Å². The minimum absolute atomic E-state index is 0.0981. The van der Waals surface area contributed by atoms with Crippen LogP contribution in [0.5, 0.6) is 5.75 Å². The molecule has 4 saturated heterocycles. The Morgan fingerprint density at radius 1 is 0.961 bits per heavy atom. The van der Waals surface area contributed by atoms with E-state index < -0.39 is 12.0 Å². The predicted octanol–water partition coefficient (Wildman–Crippen LogP) is 3.54. The van der Waals surface area contributed by atoms with Crippen molar-refractivity contribution in [1.82, 2.24) is 29.9 Å². The molecule has 0 saturated carbocycles. The van der Waals surface area contributed by atoms with Crippen LogP contribution in [0.3, 0.4) is 0 Å². The van der Waals surface area contributed by atoms with Gasteiger partial charge in [-0.15, -0.1) is 0 Å². The maximum atomic E-state index is 13.6. The molecule has 14 heteroatoms. The lowest BCUT2D eigenvalue weighted by atomic mass is 9.71. The zero-order chi connectivity index (χ0) is 35.7. The Hall–Kier alpha value is -4.30. The number of nitrogens with zero attached hydrogens (tertiary/aromatic N) is 6. The van der Waals surface area contributed by atoms with E-state index in [9.17, 15) is 19.2 Å². The number of benzene rings is 1. The lowest BCUT2D eigenvalue weighted by molar-refractivity contribution is -0.138. The number of piperidine rings is 4. The molecule has 1 spiro atoms. The van der Waals surface area contributed by atoms with Crippen molar-refractivity contribution in [2.75, 3.05) is 56.5 Å². The van der Waals surface area contributed by atoms with Crippen LogP contribution in [-0.4, -0.2) is 101 Å².